The highest BCUT2D eigenvalue weighted by Crippen LogP contribution is 2.23. The van der Waals surface area contributed by atoms with Gasteiger partial charge in [0.1, 0.15) is 10.7 Å². The molecule has 0 heterocycles. The third-order valence-electron chi connectivity index (χ3n) is 3.12. The third-order valence-corrected chi connectivity index (χ3v) is 5.00. The summed E-state index contributed by atoms with van der Waals surface area (Å²) < 4.78 is 53.2. The molecule has 0 bridgehead atoms. The van der Waals surface area contributed by atoms with Crippen molar-refractivity contribution in [2.24, 2.45) is 5.73 Å². The predicted octanol–water partition coefficient (Wildman–Crippen LogP) is 0.996. The summed E-state index contributed by atoms with van der Waals surface area (Å²) in [4.78, 5) is 1.38. The molecule has 0 saturated carbocycles. The summed E-state index contributed by atoms with van der Waals surface area (Å²) in [7, 11) is 1.12. The molecule has 0 amide bonds. The first-order valence-corrected chi connectivity index (χ1v) is 7.93. The molecule has 0 atom stereocenters. The van der Waals surface area contributed by atoms with Gasteiger partial charge in [0.15, 0.2) is 5.82 Å². The van der Waals surface area contributed by atoms with Crippen LogP contribution in [0, 0.1) is 11.6 Å². The largest absolute Gasteiger partial charge is 0.326 e. The van der Waals surface area contributed by atoms with Gasteiger partial charge in [0.25, 0.3) is 0 Å². The number of nitrogens with two attached hydrogens (primary N) is 1. The van der Waals surface area contributed by atoms with Crippen molar-refractivity contribution in [2.75, 3.05) is 34.2 Å². The van der Waals surface area contributed by atoms with Crippen LogP contribution in [0.3, 0.4) is 0 Å². The molecule has 0 spiro atoms. The predicted molar refractivity (Wildman–Crippen MR) is 77.2 cm³/mol. The van der Waals surface area contributed by atoms with Crippen LogP contribution in [0.5, 0.6) is 0 Å². The van der Waals surface area contributed by atoms with Crippen LogP contribution in [-0.2, 0) is 16.6 Å². The molecule has 0 saturated heterocycles. The Morgan fingerprint density at radius 1 is 1.14 bits per heavy atom. The van der Waals surface area contributed by atoms with E-state index < -0.39 is 38.7 Å². The zero-order valence-electron chi connectivity index (χ0n) is 12.4. The maximum Gasteiger partial charge on any atom is 0.245 e. The molecule has 1 aromatic rings. The minimum Gasteiger partial charge on any atom is -0.326 e. The molecular formula is C13H21F2N3O2S. The summed E-state index contributed by atoms with van der Waals surface area (Å²) in [5, 5.41) is 0. The fraction of sp³-hybridized carbons (Fsp3) is 0.538. The third kappa shape index (κ3) is 4.19. The zero-order valence-corrected chi connectivity index (χ0v) is 13.3. The van der Waals surface area contributed by atoms with E-state index in [1.165, 1.54) is 7.05 Å². The first-order chi connectivity index (χ1) is 9.71. The highest BCUT2D eigenvalue weighted by atomic mass is 32.2. The molecule has 0 aliphatic rings. The molecule has 0 aliphatic heterocycles. The number of nitrogens with zero attached hydrogens (tertiary/aromatic N) is 2. The Morgan fingerprint density at radius 2 is 1.76 bits per heavy atom. The first kappa shape index (κ1) is 18.0. The summed E-state index contributed by atoms with van der Waals surface area (Å²) >= 11 is 0. The minimum absolute atomic E-state index is 0.245. The summed E-state index contributed by atoms with van der Waals surface area (Å²) in [6.07, 6.45) is 0.606. The van der Waals surface area contributed by atoms with Crippen LogP contribution < -0.4 is 5.73 Å². The van der Waals surface area contributed by atoms with Crippen molar-refractivity contribution in [2.45, 2.75) is 17.9 Å². The molecule has 0 aromatic heterocycles. The molecule has 120 valence electrons. The maximum absolute atomic E-state index is 14.1. The second kappa shape index (κ2) is 7.26. The molecule has 21 heavy (non-hydrogen) atoms. The average Bonchev–Trinajstić information content (AvgIpc) is 2.38. The lowest BCUT2D eigenvalue weighted by molar-refractivity contribution is 0.369. The molecular weight excluding hydrogens is 300 g/mol. The van der Waals surface area contributed by atoms with Gasteiger partial charge in [-0.1, -0.05) is 0 Å². The number of halogens is 2. The molecule has 0 radical (unpaired) electrons. The van der Waals surface area contributed by atoms with Crippen LogP contribution in [0.1, 0.15) is 12.0 Å². The summed E-state index contributed by atoms with van der Waals surface area (Å²) in [6, 6.07) is 1.85. The van der Waals surface area contributed by atoms with Crippen LogP contribution in [0.25, 0.3) is 0 Å². The fourth-order valence-electron chi connectivity index (χ4n) is 1.86. The normalized spacial score (nSPS) is 12.4. The van der Waals surface area contributed by atoms with E-state index in [1.54, 1.807) is 0 Å². The molecule has 2 N–H and O–H groups in total. The molecule has 8 heteroatoms. The Hall–Kier alpha value is -1.09. The molecule has 5 nitrogen and oxygen atoms in total. The van der Waals surface area contributed by atoms with E-state index in [-0.39, 0.29) is 6.54 Å². The number of hydrogen-bond acceptors (Lipinski definition) is 4. The smallest absolute Gasteiger partial charge is 0.245 e. The highest BCUT2D eigenvalue weighted by Gasteiger charge is 2.26. The van der Waals surface area contributed by atoms with Gasteiger partial charge in [-0.15, -0.1) is 0 Å². The molecule has 0 aliphatic carbocycles. The summed E-state index contributed by atoms with van der Waals surface area (Å²) in [5.41, 5.74) is 4.84. The van der Waals surface area contributed by atoms with Crippen molar-refractivity contribution in [3.63, 3.8) is 0 Å². The number of benzene rings is 1. The van der Waals surface area contributed by atoms with E-state index in [1.807, 2.05) is 19.0 Å². The van der Waals surface area contributed by atoms with Crippen molar-refractivity contribution in [1.82, 2.24) is 9.21 Å². The molecule has 1 aromatic carbocycles. The van der Waals surface area contributed by atoms with Crippen LogP contribution >= 0.6 is 0 Å². The standard InChI is InChI=1S/C13H21F2N3O2S/c1-17(2)7-4-8-18(3)21(19,20)12-6-5-11(14)10(9-16)13(12)15/h5-6H,4,7-9,16H2,1-3H3. The maximum atomic E-state index is 14.1. The zero-order chi connectivity index (χ0) is 16.2. The lowest BCUT2D eigenvalue weighted by Gasteiger charge is -2.19. The number of hydrogen-bond donors (Lipinski definition) is 1. The Balaban J connectivity index is 3.03. The van der Waals surface area contributed by atoms with Crippen LogP contribution in [-0.4, -0.2) is 51.9 Å². The summed E-state index contributed by atoms with van der Waals surface area (Å²) in [5.74, 6) is -1.96. The van der Waals surface area contributed by atoms with E-state index in [0.29, 0.717) is 13.0 Å². The number of rotatable bonds is 7. The quantitative estimate of drug-likeness (QED) is 0.813. The topological polar surface area (TPSA) is 66.6 Å². The Morgan fingerprint density at radius 3 is 2.29 bits per heavy atom. The lowest BCUT2D eigenvalue weighted by atomic mass is 10.2. The van der Waals surface area contributed by atoms with E-state index in [9.17, 15) is 17.2 Å². The highest BCUT2D eigenvalue weighted by molar-refractivity contribution is 7.89. The van der Waals surface area contributed by atoms with Crippen molar-refractivity contribution in [3.05, 3.63) is 29.3 Å². The van der Waals surface area contributed by atoms with E-state index >= 15 is 0 Å². The van der Waals surface area contributed by atoms with Gasteiger partial charge in [0.05, 0.1) is 0 Å². The first-order valence-electron chi connectivity index (χ1n) is 6.49. The van der Waals surface area contributed by atoms with Gasteiger partial charge in [-0.05, 0) is 39.2 Å². The van der Waals surface area contributed by atoms with Gasteiger partial charge in [0, 0.05) is 25.7 Å². The number of sulfonamides is 1. The van der Waals surface area contributed by atoms with Gasteiger partial charge in [0.2, 0.25) is 10.0 Å². The monoisotopic (exact) mass is 321 g/mol. The Bertz CT molecular complexity index is 591. The van der Waals surface area contributed by atoms with Crippen LogP contribution in [0.4, 0.5) is 8.78 Å². The van der Waals surface area contributed by atoms with Gasteiger partial charge in [-0.2, -0.15) is 0 Å². The van der Waals surface area contributed by atoms with Crippen molar-refractivity contribution >= 4 is 10.0 Å². The average molecular weight is 321 g/mol. The van der Waals surface area contributed by atoms with E-state index in [2.05, 4.69) is 0 Å². The Kier molecular flexibility index (Phi) is 6.21. The minimum atomic E-state index is -4.00. The van der Waals surface area contributed by atoms with Crippen LogP contribution in [0.15, 0.2) is 17.0 Å². The van der Waals surface area contributed by atoms with Gasteiger partial charge >= 0.3 is 0 Å². The molecule has 1 rings (SSSR count). The Labute approximate surface area is 124 Å². The van der Waals surface area contributed by atoms with Crippen molar-refractivity contribution in [3.8, 4) is 0 Å². The van der Waals surface area contributed by atoms with E-state index in [4.69, 9.17) is 5.73 Å². The van der Waals surface area contributed by atoms with Crippen LogP contribution in [0.2, 0.25) is 0 Å². The second-order valence-electron chi connectivity index (χ2n) is 5.03. The fourth-order valence-corrected chi connectivity index (χ4v) is 3.16. The lowest BCUT2D eigenvalue weighted by Crippen LogP contribution is -2.30. The second-order valence-corrected chi connectivity index (χ2v) is 7.04. The summed E-state index contributed by atoms with van der Waals surface area (Å²) in [6.45, 7) is 0.556. The van der Waals surface area contributed by atoms with Gasteiger partial charge in [-0.3, -0.25) is 0 Å². The van der Waals surface area contributed by atoms with Crippen molar-refractivity contribution < 1.29 is 17.2 Å². The SMILES string of the molecule is CN(C)CCCN(C)S(=O)(=O)c1ccc(F)c(CN)c1F. The van der Waals surface area contributed by atoms with Crippen molar-refractivity contribution in [1.29, 1.82) is 0 Å². The van der Waals surface area contributed by atoms with E-state index in [0.717, 1.165) is 16.4 Å². The molecule has 0 unspecified atom stereocenters. The van der Waals surface area contributed by atoms with Gasteiger partial charge < -0.3 is 10.6 Å². The van der Waals surface area contributed by atoms with Gasteiger partial charge in [-0.25, -0.2) is 21.5 Å². The molecule has 0 fully saturated rings.